The van der Waals surface area contributed by atoms with Crippen molar-refractivity contribution in [3.05, 3.63) is 138 Å². The van der Waals surface area contributed by atoms with Gasteiger partial charge in [-0.3, -0.25) is 0 Å². The molecule has 0 saturated carbocycles. The van der Waals surface area contributed by atoms with E-state index in [0.717, 1.165) is 5.46 Å². The van der Waals surface area contributed by atoms with E-state index >= 15 is 0 Å². The van der Waals surface area contributed by atoms with Crippen LogP contribution >= 0.6 is 0 Å². The van der Waals surface area contributed by atoms with Crippen LogP contribution < -0.4 is 5.46 Å². The summed E-state index contributed by atoms with van der Waals surface area (Å²) in [5.74, 6) is 0. The summed E-state index contributed by atoms with van der Waals surface area (Å²) in [6.45, 7) is 7.47. The molecule has 0 fully saturated rings. The zero-order chi connectivity index (χ0) is 30.0. The summed E-state index contributed by atoms with van der Waals surface area (Å²) >= 11 is 0. The fourth-order valence-corrected chi connectivity index (χ4v) is 8.02. The average Bonchev–Trinajstić information content (AvgIpc) is 3.63. The summed E-state index contributed by atoms with van der Waals surface area (Å²) < 4.78 is 6.38. The first kappa shape index (κ1) is 26.0. The normalized spacial score (nSPS) is 16.9. The Morgan fingerprint density at radius 3 is 1.77 bits per heavy atom. The maximum atomic E-state index is 10.8. The molecule has 6 aromatic carbocycles. The molecule has 3 aliphatic carbocycles. The van der Waals surface area contributed by atoms with Crippen LogP contribution in [0.5, 0.6) is 0 Å². The van der Waals surface area contributed by atoms with E-state index in [1.54, 1.807) is 13.8 Å². The number of aliphatic hydroxyl groups is 1. The maximum Gasteiger partial charge on any atom is 0.331 e. The number of hydrogen-bond acceptors (Lipinski definition) is 2. The molecule has 211 valence electrons. The monoisotopic (exact) mass is 567 g/mol. The lowest BCUT2D eigenvalue weighted by Gasteiger charge is -2.37. The SMILES string of the molecule is CC(C)(O)C(C)(C)O[B]c1cccc2c1-c1ccccc1C21c2ccccc2-c2c1cc1c3c(cccc23)-c2ccccc2-1. The summed E-state index contributed by atoms with van der Waals surface area (Å²) in [6.07, 6.45) is 0. The Hall–Kier alpha value is -4.44. The molecule has 0 amide bonds. The zero-order valence-electron chi connectivity index (χ0n) is 25.4. The van der Waals surface area contributed by atoms with Crippen LogP contribution in [0.2, 0.25) is 0 Å². The third kappa shape index (κ3) is 3.09. The van der Waals surface area contributed by atoms with Gasteiger partial charge in [0.25, 0.3) is 0 Å². The lowest BCUT2D eigenvalue weighted by Crippen LogP contribution is -2.49. The Balaban J connectivity index is 1.38. The van der Waals surface area contributed by atoms with E-state index in [-0.39, 0.29) is 0 Å². The quantitative estimate of drug-likeness (QED) is 0.216. The van der Waals surface area contributed by atoms with E-state index in [4.69, 9.17) is 4.65 Å². The number of rotatable bonds is 4. The van der Waals surface area contributed by atoms with Gasteiger partial charge in [0, 0.05) is 0 Å². The summed E-state index contributed by atoms with van der Waals surface area (Å²) in [6, 6.07) is 42.7. The van der Waals surface area contributed by atoms with Gasteiger partial charge in [0.05, 0.1) is 16.6 Å². The molecule has 2 nitrogen and oxygen atoms in total. The first-order valence-corrected chi connectivity index (χ1v) is 15.5. The molecule has 0 aromatic heterocycles. The Bertz CT molecular complexity index is 2200. The molecule has 0 bridgehead atoms. The maximum absolute atomic E-state index is 10.8. The Labute approximate surface area is 259 Å². The minimum atomic E-state index is -1.01. The molecule has 3 heteroatoms. The van der Waals surface area contributed by atoms with Gasteiger partial charge in [-0.2, -0.15) is 0 Å². The van der Waals surface area contributed by atoms with Gasteiger partial charge in [0.15, 0.2) is 0 Å². The molecule has 1 radical (unpaired) electrons. The Morgan fingerprint density at radius 1 is 0.545 bits per heavy atom. The highest BCUT2D eigenvalue weighted by Crippen LogP contribution is 2.65. The van der Waals surface area contributed by atoms with Gasteiger partial charge in [-0.25, -0.2) is 0 Å². The zero-order valence-corrected chi connectivity index (χ0v) is 25.4. The smallest absolute Gasteiger partial charge is 0.331 e. The molecule has 0 saturated heterocycles. The molecular weight excluding hydrogens is 535 g/mol. The standard InChI is InChI=1S/C41H32BO2/c1-39(2,43)40(3,4)44-42-35-22-12-21-33-38(35)28-16-8-10-20-32(28)41(33)31-19-9-7-15-27(31)37-29-18-11-17-26-24-13-5-6-14-25(24)30(36(26)29)23-34(37)41/h5-23,43H,1-4H3. The summed E-state index contributed by atoms with van der Waals surface area (Å²) in [4.78, 5) is 0. The van der Waals surface area contributed by atoms with E-state index in [2.05, 4.69) is 115 Å². The topological polar surface area (TPSA) is 29.5 Å². The second-order valence-corrected chi connectivity index (χ2v) is 13.5. The van der Waals surface area contributed by atoms with Crippen molar-refractivity contribution in [2.45, 2.75) is 44.3 Å². The van der Waals surface area contributed by atoms with Gasteiger partial charge in [0.2, 0.25) is 0 Å². The van der Waals surface area contributed by atoms with Crippen molar-refractivity contribution in [1.29, 1.82) is 0 Å². The Kier molecular flexibility index (Phi) is 5.08. The van der Waals surface area contributed by atoms with Crippen LogP contribution in [0.15, 0.2) is 115 Å². The fourth-order valence-electron chi connectivity index (χ4n) is 8.02. The van der Waals surface area contributed by atoms with Crippen molar-refractivity contribution in [1.82, 2.24) is 0 Å². The van der Waals surface area contributed by atoms with Crippen LogP contribution in [0, 0.1) is 0 Å². The lowest BCUT2D eigenvalue weighted by atomic mass is 9.69. The predicted molar refractivity (Wildman–Crippen MR) is 182 cm³/mol. The largest absolute Gasteiger partial charge is 0.427 e. The third-order valence-corrected chi connectivity index (χ3v) is 10.7. The van der Waals surface area contributed by atoms with Gasteiger partial charge in [0.1, 0.15) is 0 Å². The van der Waals surface area contributed by atoms with E-state index < -0.39 is 16.6 Å². The fraction of sp³-hybridized carbons (Fsp3) is 0.171. The average molecular weight is 568 g/mol. The van der Waals surface area contributed by atoms with E-state index in [0.29, 0.717) is 0 Å². The summed E-state index contributed by atoms with van der Waals surface area (Å²) in [7, 11) is 1.86. The van der Waals surface area contributed by atoms with Gasteiger partial charge in [-0.05, 0) is 117 Å². The molecule has 3 aliphatic rings. The van der Waals surface area contributed by atoms with Crippen molar-refractivity contribution < 1.29 is 9.76 Å². The van der Waals surface area contributed by atoms with Crippen LogP contribution in [-0.4, -0.2) is 23.8 Å². The molecule has 1 N–H and O–H groups in total. The summed E-state index contributed by atoms with van der Waals surface area (Å²) in [5, 5.41) is 13.5. The van der Waals surface area contributed by atoms with Crippen molar-refractivity contribution in [2.24, 2.45) is 0 Å². The second kappa shape index (κ2) is 8.60. The molecule has 0 heterocycles. The van der Waals surface area contributed by atoms with Crippen molar-refractivity contribution in [3.8, 4) is 44.5 Å². The molecule has 1 unspecified atom stereocenters. The summed E-state index contributed by atoms with van der Waals surface area (Å²) in [5.41, 5.74) is 14.4. The van der Waals surface area contributed by atoms with E-state index in [1.807, 2.05) is 21.3 Å². The van der Waals surface area contributed by atoms with Crippen molar-refractivity contribution in [3.63, 3.8) is 0 Å². The minimum Gasteiger partial charge on any atom is -0.427 e. The van der Waals surface area contributed by atoms with Gasteiger partial charge in [-0.1, -0.05) is 109 Å². The predicted octanol–water partition coefficient (Wildman–Crippen LogP) is 8.64. The molecule has 9 rings (SSSR count). The third-order valence-electron chi connectivity index (χ3n) is 10.7. The molecule has 1 spiro atoms. The van der Waals surface area contributed by atoms with Crippen molar-refractivity contribution >= 4 is 23.7 Å². The number of benzene rings is 6. The minimum absolute atomic E-state index is 0.467. The second-order valence-electron chi connectivity index (χ2n) is 13.5. The first-order valence-electron chi connectivity index (χ1n) is 15.5. The highest BCUT2D eigenvalue weighted by atomic mass is 16.5. The van der Waals surface area contributed by atoms with Crippen LogP contribution in [-0.2, 0) is 10.1 Å². The lowest BCUT2D eigenvalue weighted by molar-refractivity contribution is -0.0893. The molecule has 6 aromatic rings. The van der Waals surface area contributed by atoms with Crippen LogP contribution in [0.3, 0.4) is 0 Å². The van der Waals surface area contributed by atoms with Crippen molar-refractivity contribution in [2.75, 3.05) is 0 Å². The molecule has 1 atom stereocenters. The van der Waals surface area contributed by atoms with Gasteiger partial charge >= 0.3 is 7.48 Å². The van der Waals surface area contributed by atoms with Crippen LogP contribution in [0.1, 0.15) is 49.9 Å². The number of fused-ring (bicyclic) bond motifs is 14. The molecule has 44 heavy (non-hydrogen) atoms. The first-order chi connectivity index (χ1) is 21.2. The van der Waals surface area contributed by atoms with E-state index in [1.165, 1.54) is 77.5 Å². The Morgan fingerprint density at radius 2 is 1.09 bits per heavy atom. The molecular formula is C41H32BO2. The van der Waals surface area contributed by atoms with Crippen LogP contribution in [0.25, 0.3) is 55.3 Å². The van der Waals surface area contributed by atoms with Gasteiger partial charge < -0.3 is 9.76 Å². The number of hydrogen-bond donors (Lipinski definition) is 1. The van der Waals surface area contributed by atoms with Gasteiger partial charge in [-0.15, -0.1) is 0 Å². The van der Waals surface area contributed by atoms with Crippen LogP contribution in [0.4, 0.5) is 0 Å². The highest BCUT2D eigenvalue weighted by Gasteiger charge is 2.53. The highest BCUT2D eigenvalue weighted by molar-refractivity contribution is 6.50. The molecule has 0 aliphatic heterocycles. The van der Waals surface area contributed by atoms with E-state index in [9.17, 15) is 5.11 Å².